The van der Waals surface area contributed by atoms with Gasteiger partial charge in [-0.1, -0.05) is 46.8 Å². The van der Waals surface area contributed by atoms with Crippen LogP contribution in [0.2, 0.25) is 5.02 Å². The molecular formula is C18H17ClN4O2S2. The molecule has 1 aromatic heterocycles. The van der Waals surface area contributed by atoms with Crippen molar-refractivity contribution < 1.29 is 9.53 Å². The lowest BCUT2D eigenvalue weighted by molar-refractivity contribution is -0.118. The number of rotatable bonds is 8. The number of carbonyl (C=O) groups excluding carboxylic acids is 1. The Morgan fingerprint density at radius 3 is 2.59 bits per heavy atom. The molecule has 2 aromatic carbocycles. The molecule has 0 aliphatic heterocycles. The Balaban J connectivity index is 1.44. The van der Waals surface area contributed by atoms with Crippen LogP contribution in [-0.2, 0) is 11.3 Å². The van der Waals surface area contributed by atoms with Gasteiger partial charge in [-0.25, -0.2) is 0 Å². The van der Waals surface area contributed by atoms with Gasteiger partial charge < -0.3 is 15.4 Å². The summed E-state index contributed by atoms with van der Waals surface area (Å²) in [4.78, 5) is 12.0. The molecule has 2 N–H and O–H groups in total. The third-order valence-corrected chi connectivity index (χ3v) is 5.70. The number of aromatic nitrogens is 2. The van der Waals surface area contributed by atoms with Gasteiger partial charge in [-0.05, 0) is 42.0 Å². The molecule has 27 heavy (non-hydrogen) atoms. The maximum atomic E-state index is 12.0. The summed E-state index contributed by atoms with van der Waals surface area (Å²) in [5.74, 6) is 1.01. The van der Waals surface area contributed by atoms with Gasteiger partial charge in [0.05, 0.1) is 12.9 Å². The molecule has 0 saturated heterocycles. The number of benzene rings is 2. The Morgan fingerprint density at radius 2 is 1.89 bits per heavy atom. The molecule has 0 aliphatic carbocycles. The van der Waals surface area contributed by atoms with E-state index in [1.54, 1.807) is 19.2 Å². The van der Waals surface area contributed by atoms with Gasteiger partial charge in [-0.15, -0.1) is 10.2 Å². The van der Waals surface area contributed by atoms with Crippen molar-refractivity contribution in [2.45, 2.75) is 10.9 Å². The highest BCUT2D eigenvalue weighted by atomic mass is 35.5. The van der Waals surface area contributed by atoms with E-state index in [9.17, 15) is 4.79 Å². The van der Waals surface area contributed by atoms with Crippen LogP contribution in [0.1, 0.15) is 5.56 Å². The van der Waals surface area contributed by atoms with Gasteiger partial charge in [-0.2, -0.15) is 0 Å². The van der Waals surface area contributed by atoms with E-state index in [0.29, 0.717) is 16.7 Å². The summed E-state index contributed by atoms with van der Waals surface area (Å²) in [6.07, 6.45) is 0. The lowest BCUT2D eigenvalue weighted by atomic mass is 10.2. The van der Waals surface area contributed by atoms with Crippen molar-refractivity contribution in [1.82, 2.24) is 15.5 Å². The summed E-state index contributed by atoms with van der Waals surface area (Å²) in [5.41, 5.74) is 1.89. The summed E-state index contributed by atoms with van der Waals surface area (Å²) in [7, 11) is 1.63. The van der Waals surface area contributed by atoms with Crippen LogP contribution in [0.3, 0.4) is 0 Å². The molecular weight excluding hydrogens is 404 g/mol. The predicted molar refractivity (Wildman–Crippen MR) is 110 cm³/mol. The Kier molecular flexibility index (Phi) is 6.92. The zero-order valence-corrected chi connectivity index (χ0v) is 16.8. The normalized spacial score (nSPS) is 10.4. The van der Waals surface area contributed by atoms with E-state index in [-0.39, 0.29) is 11.7 Å². The standard InChI is InChI=1S/C18H17ClN4O2S2/c1-25-15-8-6-14(7-9-15)21-17-22-23-18(27-17)26-11-16(24)20-10-12-2-4-13(19)5-3-12/h2-9H,10-11H2,1H3,(H,20,24)(H,21,22). The minimum Gasteiger partial charge on any atom is -0.497 e. The van der Waals surface area contributed by atoms with Gasteiger partial charge in [0.2, 0.25) is 11.0 Å². The zero-order chi connectivity index (χ0) is 19.1. The van der Waals surface area contributed by atoms with E-state index in [0.717, 1.165) is 21.3 Å². The Morgan fingerprint density at radius 1 is 1.15 bits per heavy atom. The molecule has 0 saturated carbocycles. The molecule has 6 nitrogen and oxygen atoms in total. The largest absolute Gasteiger partial charge is 0.497 e. The molecule has 3 rings (SSSR count). The molecule has 1 amide bonds. The highest BCUT2D eigenvalue weighted by Gasteiger charge is 2.08. The fourth-order valence-electron chi connectivity index (χ4n) is 2.10. The first kappa shape index (κ1) is 19.5. The van der Waals surface area contributed by atoms with Crippen LogP contribution in [0.15, 0.2) is 52.9 Å². The second-order valence-electron chi connectivity index (χ2n) is 5.42. The van der Waals surface area contributed by atoms with Crippen LogP contribution in [0.5, 0.6) is 5.75 Å². The Bertz CT molecular complexity index is 885. The van der Waals surface area contributed by atoms with Crippen molar-refractivity contribution in [1.29, 1.82) is 0 Å². The smallest absolute Gasteiger partial charge is 0.230 e. The summed E-state index contributed by atoms with van der Waals surface area (Å²) in [6.45, 7) is 0.469. The van der Waals surface area contributed by atoms with Gasteiger partial charge in [0.25, 0.3) is 0 Å². The minimum absolute atomic E-state index is 0.0604. The summed E-state index contributed by atoms with van der Waals surface area (Å²) >= 11 is 8.60. The minimum atomic E-state index is -0.0604. The van der Waals surface area contributed by atoms with Gasteiger partial charge in [0.1, 0.15) is 5.75 Å². The summed E-state index contributed by atoms with van der Waals surface area (Å²) < 4.78 is 5.86. The number of hydrogen-bond donors (Lipinski definition) is 2. The number of anilines is 2. The highest BCUT2D eigenvalue weighted by Crippen LogP contribution is 2.28. The van der Waals surface area contributed by atoms with Crippen molar-refractivity contribution in [2.24, 2.45) is 0 Å². The lowest BCUT2D eigenvalue weighted by Crippen LogP contribution is -2.24. The van der Waals surface area contributed by atoms with Crippen LogP contribution in [-0.4, -0.2) is 29.0 Å². The number of thioether (sulfide) groups is 1. The van der Waals surface area contributed by atoms with Crippen LogP contribution in [0, 0.1) is 0 Å². The number of ether oxygens (including phenoxy) is 1. The van der Waals surface area contributed by atoms with Crippen molar-refractivity contribution in [3.63, 3.8) is 0 Å². The van der Waals surface area contributed by atoms with E-state index < -0.39 is 0 Å². The third-order valence-electron chi connectivity index (χ3n) is 3.48. The Hall–Kier alpha value is -2.29. The first-order chi connectivity index (χ1) is 13.1. The molecule has 0 unspecified atom stereocenters. The summed E-state index contributed by atoms with van der Waals surface area (Å²) in [6, 6.07) is 14.9. The van der Waals surface area contributed by atoms with Crippen molar-refractivity contribution in [3.05, 3.63) is 59.1 Å². The molecule has 1 heterocycles. The molecule has 9 heteroatoms. The van der Waals surface area contributed by atoms with E-state index in [1.165, 1.54) is 23.1 Å². The van der Waals surface area contributed by atoms with E-state index in [4.69, 9.17) is 16.3 Å². The van der Waals surface area contributed by atoms with E-state index in [2.05, 4.69) is 20.8 Å². The number of halogens is 1. The first-order valence-electron chi connectivity index (χ1n) is 8.01. The molecule has 0 radical (unpaired) electrons. The monoisotopic (exact) mass is 420 g/mol. The number of nitrogens with zero attached hydrogens (tertiary/aromatic N) is 2. The second kappa shape index (κ2) is 9.59. The van der Waals surface area contributed by atoms with Gasteiger partial charge in [-0.3, -0.25) is 4.79 Å². The topological polar surface area (TPSA) is 76.1 Å². The Labute approximate surface area is 170 Å². The van der Waals surface area contributed by atoms with E-state index in [1.807, 2.05) is 36.4 Å². The fourth-order valence-corrected chi connectivity index (χ4v) is 3.83. The third kappa shape index (κ3) is 6.13. The number of methoxy groups -OCH3 is 1. The molecule has 0 atom stereocenters. The molecule has 0 fully saturated rings. The average molecular weight is 421 g/mol. The predicted octanol–water partition coefficient (Wildman–Crippen LogP) is 4.35. The van der Waals surface area contributed by atoms with Crippen molar-refractivity contribution in [2.75, 3.05) is 18.2 Å². The molecule has 3 aromatic rings. The number of carbonyl (C=O) groups is 1. The van der Waals surface area contributed by atoms with E-state index >= 15 is 0 Å². The lowest BCUT2D eigenvalue weighted by Gasteiger charge is -2.04. The number of nitrogens with one attached hydrogen (secondary N) is 2. The molecule has 0 spiro atoms. The fraction of sp³-hybridized carbons (Fsp3) is 0.167. The van der Waals surface area contributed by atoms with Crippen molar-refractivity contribution >= 4 is 51.4 Å². The van der Waals surface area contributed by atoms with Crippen LogP contribution >= 0.6 is 34.7 Å². The van der Waals surface area contributed by atoms with Crippen LogP contribution < -0.4 is 15.4 Å². The van der Waals surface area contributed by atoms with Gasteiger partial charge in [0.15, 0.2) is 4.34 Å². The maximum Gasteiger partial charge on any atom is 0.230 e. The van der Waals surface area contributed by atoms with Gasteiger partial charge >= 0.3 is 0 Å². The van der Waals surface area contributed by atoms with Gasteiger partial charge in [0, 0.05) is 17.3 Å². The number of hydrogen-bond acceptors (Lipinski definition) is 7. The highest BCUT2D eigenvalue weighted by molar-refractivity contribution is 8.01. The first-order valence-corrected chi connectivity index (χ1v) is 10.2. The molecule has 0 bridgehead atoms. The zero-order valence-electron chi connectivity index (χ0n) is 14.4. The molecule has 0 aliphatic rings. The van der Waals surface area contributed by atoms with Crippen LogP contribution in [0.25, 0.3) is 0 Å². The second-order valence-corrected chi connectivity index (χ2v) is 8.05. The SMILES string of the molecule is COc1ccc(Nc2nnc(SCC(=O)NCc3ccc(Cl)cc3)s2)cc1. The average Bonchev–Trinajstić information content (AvgIpc) is 3.14. The van der Waals surface area contributed by atoms with Crippen LogP contribution in [0.4, 0.5) is 10.8 Å². The summed E-state index contributed by atoms with van der Waals surface area (Å²) in [5, 5.41) is 15.6. The van der Waals surface area contributed by atoms with Crippen molar-refractivity contribution in [3.8, 4) is 5.75 Å². The number of amides is 1. The molecule has 140 valence electrons. The quantitative estimate of drug-likeness (QED) is 0.527. The maximum absolute atomic E-state index is 12.0.